The number of rotatable bonds is 4. The lowest BCUT2D eigenvalue weighted by atomic mass is 10.2. The topological polar surface area (TPSA) is 35.2 Å². The molecule has 2 nitrogen and oxygen atoms in total. The summed E-state index contributed by atoms with van der Waals surface area (Å²) >= 11 is 1.41. The highest BCUT2D eigenvalue weighted by atomic mass is 32.2. The number of anilines is 1. The van der Waals surface area contributed by atoms with Crippen molar-refractivity contribution in [3.63, 3.8) is 0 Å². The molecule has 0 saturated carbocycles. The smallest absolute Gasteiger partial charge is 0.159 e. The van der Waals surface area contributed by atoms with Crippen LogP contribution in [0.15, 0.2) is 41.3 Å². The Morgan fingerprint density at radius 2 is 1.89 bits per heavy atom. The summed E-state index contributed by atoms with van der Waals surface area (Å²) in [4.78, 5) is 0.667. The van der Waals surface area contributed by atoms with Gasteiger partial charge in [0, 0.05) is 22.4 Å². The summed E-state index contributed by atoms with van der Waals surface area (Å²) in [7, 11) is 1.57. The summed E-state index contributed by atoms with van der Waals surface area (Å²) in [6.07, 6.45) is 0. The summed E-state index contributed by atoms with van der Waals surface area (Å²) in [6.45, 7) is 0. The van der Waals surface area contributed by atoms with E-state index < -0.39 is 11.6 Å². The van der Waals surface area contributed by atoms with Crippen LogP contribution in [-0.2, 0) is 5.75 Å². The SMILES string of the molecule is COc1cc(N)cc(CSc2ccc(F)c(F)c2)c1. The minimum absolute atomic E-state index is 0.604. The van der Waals surface area contributed by atoms with Crippen molar-refractivity contribution >= 4 is 17.4 Å². The Labute approximate surface area is 114 Å². The zero-order valence-electron chi connectivity index (χ0n) is 10.3. The number of thioether (sulfide) groups is 1. The Balaban J connectivity index is 2.09. The van der Waals surface area contributed by atoms with Crippen LogP contribution >= 0.6 is 11.8 Å². The molecule has 0 aliphatic rings. The fourth-order valence-corrected chi connectivity index (χ4v) is 2.47. The summed E-state index contributed by atoms with van der Waals surface area (Å²) in [5.74, 6) is -0.391. The molecule has 2 rings (SSSR count). The largest absolute Gasteiger partial charge is 0.497 e. The minimum atomic E-state index is -0.838. The van der Waals surface area contributed by atoms with Gasteiger partial charge >= 0.3 is 0 Å². The lowest BCUT2D eigenvalue weighted by Gasteiger charge is -2.07. The molecule has 0 atom stereocenters. The van der Waals surface area contributed by atoms with Crippen LogP contribution in [0.25, 0.3) is 0 Å². The van der Waals surface area contributed by atoms with E-state index >= 15 is 0 Å². The van der Waals surface area contributed by atoms with Gasteiger partial charge in [-0.3, -0.25) is 0 Å². The number of ether oxygens (including phenoxy) is 1. The van der Waals surface area contributed by atoms with Crippen LogP contribution in [0.5, 0.6) is 5.75 Å². The molecule has 2 aromatic rings. The first-order valence-electron chi connectivity index (χ1n) is 5.60. The Kier molecular flexibility index (Phi) is 4.27. The first-order valence-corrected chi connectivity index (χ1v) is 6.58. The van der Waals surface area contributed by atoms with Crippen molar-refractivity contribution < 1.29 is 13.5 Å². The first-order chi connectivity index (χ1) is 9.08. The average Bonchev–Trinajstić information content (AvgIpc) is 2.39. The van der Waals surface area contributed by atoms with Crippen molar-refractivity contribution in [2.75, 3.05) is 12.8 Å². The number of hydrogen-bond acceptors (Lipinski definition) is 3. The van der Waals surface area contributed by atoms with E-state index in [2.05, 4.69) is 0 Å². The van der Waals surface area contributed by atoms with Gasteiger partial charge in [0.05, 0.1) is 7.11 Å². The molecule has 0 spiro atoms. The molecule has 0 bridgehead atoms. The van der Waals surface area contributed by atoms with Gasteiger partial charge in [-0.25, -0.2) is 8.78 Å². The second-order valence-corrected chi connectivity index (χ2v) is 5.03. The number of nitrogen functional groups attached to an aromatic ring is 1. The molecule has 0 fully saturated rings. The third kappa shape index (κ3) is 3.61. The Bertz CT molecular complexity index is 590. The highest BCUT2D eigenvalue weighted by Crippen LogP contribution is 2.27. The molecule has 0 saturated heterocycles. The van der Waals surface area contributed by atoms with E-state index in [1.54, 1.807) is 19.2 Å². The maximum absolute atomic E-state index is 13.1. The Hall–Kier alpha value is -1.75. The van der Waals surface area contributed by atoms with Crippen molar-refractivity contribution in [3.8, 4) is 5.75 Å². The van der Waals surface area contributed by atoms with E-state index in [0.717, 1.165) is 11.6 Å². The van der Waals surface area contributed by atoms with Gasteiger partial charge in [0.1, 0.15) is 5.75 Å². The van der Waals surface area contributed by atoms with E-state index in [9.17, 15) is 8.78 Å². The number of halogens is 2. The summed E-state index contributed by atoms with van der Waals surface area (Å²) in [5, 5.41) is 0. The third-order valence-electron chi connectivity index (χ3n) is 2.52. The molecule has 2 N–H and O–H groups in total. The molecule has 0 aliphatic carbocycles. The van der Waals surface area contributed by atoms with Gasteiger partial charge in [-0.2, -0.15) is 0 Å². The predicted octanol–water partition coefficient (Wildman–Crippen LogP) is 3.85. The average molecular weight is 281 g/mol. The van der Waals surface area contributed by atoms with Gasteiger partial charge in [0.25, 0.3) is 0 Å². The van der Waals surface area contributed by atoms with Gasteiger partial charge in [0.2, 0.25) is 0 Å². The normalized spacial score (nSPS) is 10.5. The lowest BCUT2D eigenvalue weighted by molar-refractivity contribution is 0.414. The molecule has 0 unspecified atom stereocenters. The van der Waals surface area contributed by atoms with Crippen molar-refractivity contribution in [1.29, 1.82) is 0 Å². The molecular weight excluding hydrogens is 268 g/mol. The number of hydrogen-bond donors (Lipinski definition) is 1. The summed E-state index contributed by atoms with van der Waals surface area (Å²) in [6, 6.07) is 9.28. The van der Waals surface area contributed by atoms with Gasteiger partial charge in [-0.1, -0.05) is 0 Å². The van der Waals surface area contributed by atoms with E-state index in [1.807, 2.05) is 12.1 Å². The monoisotopic (exact) mass is 281 g/mol. The van der Waals surface area contributed by atoms with Crippen LogP contribution in [-0.4, -0.2) is 7.11 Å². The highest BCUT2D eigenvalue weighted by Gasteiger charge is 2.04. The molecule has 100 valence electrons. The van der Waals surface area contributed by atoms with Gasteiger partial charge in [0.15, 0.2) is 11.6 Å². The fourth-order valence-electron chi connectivity index (χ4n) is 1.62. The zero-order chi connectivity index (χ0) is 13.8. The second kappa shape index (κ2) is 5.93. The van der Waals surface area contributed by atoms with E-state index in [0.29, 0.717) is 22.1 Å². The Morgan fingerprint density at radius 3 is 2.58 bits per heavy atom. The van der Waals surface area contributed by atoms with Crippen molar-refractivity contribution in [3.05, 3.63) is 53.6 Å². The molecule has 19 heavy (non-hydrogen) atoms. The molecule has 0 radical (unpaired) electrons. The van der Waals surface area contributed by atoms with E-state index in [1.165, 1.54) is 17.8 Å². The maximum Gasteiger partial charge on any atom is 0.159 e. The second-order valence-electron chi connectivity index (χ2n) is 3.98. The fraction of sp³-hybridized carbons (Fsp3) is 0.143. The van der Waals surface area contributed by atoms with Crippen LogP contribution in [0.3, 0.4) is 0 Å². The molecule has 2 aromatic carbocycles. The molecule has 5 heteroatoms. The van der Waals surface area contributed by atoms with Crippen LogP contribution < -0.4 is 10.5 Å². The van der Waals surface area contributed by atoms with Crippen LogP contribution in [0.4, 0.5) is 14.5 Å². The van der Waals surface area contributed by atoms with Crippen molar-refractivity contribution in [2.24, 2.45) is 0 Å². The molecular formula is C14H13F2NOS. The van der Waals surface area contributed by atoms with Gasteiger partial charge in [-0.15, -0.1) is 11.8 Å². The summed E-state index contributed by atoms with van der Waals surface area (Å²) in [5.41, 5.74) is 7.32. The van der Waals surface area contributed by atoms with Crippen molar-refractivity contribution in [2.45, 2.75) is 10.6 Å². The lowest BCUT2D eigenvalue weighted by Crippen LogP contribution is -1.91. The molecule has 0 heterocycles. The predicted molar refractivity (Wildman–Crippen MR) is 73.3 cm³/mol. The molecule has 0 aliphatic heterocycles. The van der Waals surface area contributed by atoms with Crippen LogP contribution in [0.2, 0.25) is 0 Å². The minimum Gasteiger partial charge on any atom is -0.497 e. The maximum atomic E-state index is 13.1. The van der Waals surface area contributed by atoms with Gasteiger partial charge in [-0.05, 0) is 35.9 Å². The highest BCUT2D eigenvalue weighted by molar-refractivity contribution is 7.98. The van der Waals surface area contributed by atoms with Crippen LogP contribution in [0, 0.1) is 11.6 Å². The molecule has 0 aromatic heterocycles. The number of methoxy groups -OCH3 is 1. The van der Waals surface area contributed by atoms with Crippen molar-refractivity contribution in [1.82, 2.24) is 0 Å². The third-order valence-corrected chi connectivity index (χ3v) is 3.59. The Morgan fingerprint density at radius 1 is 1.11 bits per heavy atom. The quantitative estimate of drug-likeness (QED) is 0.683. The van der Waals surface area contributed by atoms with Gasteiger partial charge < -0.3 is 10.5 Å². The van der Waals surface area contributed by atoms with E-state index in [4.69, 9.17) is 10.5 Å². The summed E-state index contributed by atoms with van der Waals surface area (Å²) < 4.78 is 31.0. The van der Waals surface area contributed by atoms with E-state index in [-0.39, 0.29) is 0 Å². The number of benzene rings is 2. The zero-order valence-corrected chi connectivity index (χ0v) is 11.1. The first kappa shape index (κ1) is 13.7. The van der Waals surface area contributed by atoms with Crippen LogP contribution in [0.1, 0.15) is 5.56 Å². The number of nitrogens with two attached hydrogens (primary N) is 1. The standard InChI is InChI=1S/C14H13F2NOS/c1-18-11-5-9(4-10(17)6-11)8-19-12-2-3-13(15)14(16)7-12/h2-7H,8,17H2,1H3. The molecule has 0 amide bonds.